The molecule has 0 atom stereocenters. The summed E-state index contributed by atoms with van der Waals surface area (Å²) >= 11 is 12.4. The highest BCUT2D eigenvalue weighted by atomic mass is 35.5. The monoisotopic (exact) mass is 532 g/mol. The second-order valence-corrected chi connectivity index (χ2v) is 10.0. The van der Waals surface area contributed by atoms with Crippen LogP contribution in [0.5, 0.6) is 0 Å². The summed E-state index contributed by atoms with van der Waals surface area (Å²) in [6.45, 7) is 2.50. The number of nitrogens with one attached hydrogen (secondary N) is 2. The van der Waals surface area contributed by atoms with Crippen molar-refractivity contribution in [3.8, 4) is 0 Å². The first-order chi connectivity index (χ1) is 16.6. The van der Waals surface area contributed by atoms with Gasteiger partial charge >= 0.3 is 0 Å². The lowest BCUT2D eigenvalue weighted by molar-refractivity contribution is -0.119. The highest BCUT2D eigenvalue weighted by Gasteiger charge is 2.29. The van der Waals surface area contributed by atoms with Gasteiger partial charge in [-0.05, 0) is 48.9 Å². The molecule has 35 heavy (non-hydrogen) atoms. The van der Waals surface area contributed by atoms with Gasteiger partial charge in [0.25, 0.3) is 15.9 Å². The SMILES string of the molecule is CC(=O)Nc1ccc(/C(C)=N\NC(=O)CN(c2cccc(Cl)c2Cl)S(=O)(=O)c2ccccc2)cc1. The summed E-state index contributed by atoms with van der Waals surface area (Å²) in [6, 6.07) is 19.1. The Hall–Kier alpha value is -3.40. The zero-order valence-corrected chi connectivity index (χ0v) is 21.2. The van der Waals surface area contributed by atoms with E-state index in [1.165, 1.54) is 31.2 Å². The first-order valence-electron chi connectivity index (χ1n) is 10.3. The Morgan fingerprint density at radius 3 is 2.20 bits per heavy atom. The molecule has 0 fully saturated rings. The van der Waals surface area contributed by atoms with Crippen LogP contribution in [0.1, 0.15) is 19.4 Å². The first kappa shape index (κ1) is 26.2. The minimum absolute atomic E-state index is 0.000384. The topological polar surface area (TPSA) is 108 Å². The number of benzene rings is 3. The van der Waals surface area contributed by atoms with Crippen LogP contribution in [0.4, 0.5) is 11.4 Å². The molecule has 0 aliphatic rings. The van der Waals surface area contributed by atoms with Crippen LogP contribution in [-0.4, -0.2) is 32.5 Å². The van der Waals surface area contributed by atoms with Crippen molar-refractivity contribution < 1.29 is 18.0 Å². The molecule has 0 radical (unpaired) electrons. The van der Waals surface area contributed by atoms with E-state index in [4.69, 9.17) is 23.2 Å². The summed E-state index contributed by atoms with van der Waals surface area (Å²) in [5.41, 5.74) is 4.25. The summed E-state index contributed by atoms with van der Waals surface area (Å²) in [5.74, 6) is -0.875. The van der Waals surface area contributed by atoms with Crippen molar-refractivity contribution >= 4 is 62.1 Å². The van der Waals surface area contributed by atoms with Crippen molar-refractivity contribution in [2.75, 3.05) is 16.2 Å². The lowest BCUT2D eigenvalue weighted by Gasteiger charge is -2.25. The van der Waals surface area contributed by atoms with Gasteiger partial charge in [0.1, 0.15) is 6.54 Å². The van der Waals surface area contributed by atoms with Crippen LogP contribution in [0.3, 0.4) is 0 Å². The number of hydrazone groups is 1. The van der Waals surface area contributed by atoms with Crippen molar-refractivity contribution in [3.05, 3.63) is 88.4 Å². The number of nitrogens with zero attached hydrogens (tertiary/aromatic N) is 2. The molecule has 3 aromatic carbocycles. The lowest BCUT2D eigenvalue weighted by Crippen LogP contribution is -2.40. The fourth-order valence-corrected chi connectivity index (χ4v) is 4.98. The zero-order chi connectivity index (χ0) is 25.6. The third-order valence-corrected chi connectivity index (χ3v) is 7.37. The van der Waals surface area contributed by atoms with E-state index < -0.39 is 22.5 Å². The summed E-state index contributed by atoms with van der Waals surface area (Å²) in [6.07, 6.45) is 0. The average molecular weight is 533 g/mol. The molecule has 0 bridgehead atoms. The largest absolute Gasteiger partial charge is 0.326 e. The van der Waals surface area contributed by atoms with Crippen LogP contribution < -0.4 is 15.0 Å². The van der Waals surface area contributed by atoms with E-state index in [1.54, 1.807) is 55.5 Å². The molecular weight excluding hydrogens is 511 g/mol. The fourth-order valence-electron chi connectivity index (χ4n) is 3.08. The molecule has 0 saturated carbocycles. The zero-order valence-electron chi connectivity index (χ0n) is 18.8. The molecule has 2 N–H and O–H groups in total. The summed E-state index contributed by atoms with van der Waals surface area (Å²) < 4.78 is 27.6. The Kier molecular flexibility index (Phi) is 8.50. The number of sulfonamides is 1. The van der Waals surface area contributed by atoms with E-state index in [9.17, 15) is 18.0 Å². The van der Waals surface area contributed by atoms with E-state index in [1.807, 2.05) is 0 Å². The van der Waals surface area contributed by atoms with Crippen molar-refractivity contribution in [3.63, 3.8) is 0 Å². The number of carbonyl (C=O) groups excluding carboxylic acids is 2. The molecule has 0 aliphatic carbocycles. The number of rotatable bonds is 8. The fraction of sp³-hybridized carbons (Fsp3) is 0.125. The van der Waals surface area contributed by atoms with Crippen LogP contribution in [0.15, 0.2) is 82.8 Å². The van der Waals surface area contributed by atoms with Crippen LogP contribution >= 0.6 is 23.2 Å². The Morgan fingerprint density at radius 1 is 0.914 bits per heavy atom. The van der Waals surface area contributed by atoms with Crippen LogP contribution in [-0.2, 0) is 19.6 Å². The maximum absolute atomic E-state index is 13.4. The Bertz CT molecular complexity index is 1360. The standard InChI is InChI=1S/C24H22Cl2N4O4S/c1-16(18-11-13-19(14-12-18)27-17(2)31)28-29-23(32)15-30(22-10-6-9-21(25)24(22)26)35(33,34)20-7-4-3-5-8-20/h3-14H,15H2,1-2H3,(H,27,31)(H,29,32)/b28-16-. The molecule has 0 aromatic heterocycles. The number of amides is 2. The smallest absolute Gasteiger partial charge is 0.264 e. The number of hydrogen-bond donors (Lipinski definition) is 2. The highest BCUT2D eigenvalue weighted by molar-refractivity contribution is 7.92. The second kappa shape index (κ2) is 11.4. The second-order valence-electron chi connectivity index (χ2n) is 7.39. The van der Waals surface area contributed by atoms with Crippen LogP contribution in [0, 0.1) is 0 Å². The van der Waals surface area contributed by atoms with Gasteiger partial charge in [0.2, 0.25) is 5.91 Å². The number of carbonyl (C=O) groups is 2. The molecule has 0 saturated heterocycles. The molecule has 182 valence electrons. The molecule has 8 nitrogen and oxygen atoms in total. The van der Waals surface area contributed by atoms with Gasteiger partial charge < -0.3 is 5.32 Å². The molecule has 2 amide bonds. The first-order valence-corrected chi connectivity index (χ1v) is 12.5. The molecule has 0 spiro atoms. The number of halogens is 2. The predicted octanol–water partition coefficient (Wildman–Crippen LogP) is 4.69. The number of anilines is 2. The minimum Gasteiger partial charge on any atom is -0.326 e. The molecule has 3 aromatic rings. The third kappa shape index (κ3) is 6.60. The van der Waals surface area contributed by atoms with Gasteiger partial charge in [0, 0.05) is 12.6 Å². The maximum atomic E-state index is 13.4. The molecule has 0 aliphatic heterocycles. The van der Waals surface area contributed by atoms with E-state index in [0.717, 1.165) is 4.31 Å². The highest BCUT2D eigenvalue weighted by Crippen LogP contribution is 2.35. The summed E-state index contributed by atoms with van der Waals surface area (Å²) in [5, 5.41) is 6.89. The van der Waals surface area contributed by atoms with E-state index in [2.05, 4.69) is 15.8 Å². The minimum atomic E-state index is -4.15. The maximum Gasteiger partial charge on any atom is 0.264 e. The summed E-state index contributed by atoms with van der Waals surface area (Å²) in [7, 11) is -4.15. The van der Waals surface area contributed by atoms with E-state index >= 15 is 0 Å². The Balaban J connectivity index is 1.84. The van der Waals surface area contributed by atoms with Gasteiger partial charge in [-0.2, -0.15) is 5.10 Å². The molecule has 11 heteroatoms. The lowest BCUT2D eigenvalue weighted by atomic mass is 10.1. The van der Waals surface area contributed by atoms with Gasteiger partial charge in [-0.25, -0.2) is 13.8 Å². The normalized spacial score (nSPS) is 11.6. The Morgan fingerprint density at radius 2 is 1.57 bits per heavy atom. The third-order valence-electron chi connectivity index (χ3n) is 4.79. The molecular formula is C24H22Cl2N4O4S. The van der Waals surface area contributed by atoms with Gasteiger partial charge in [-0.1, -0.05) is 59.6 Å². The van der Waals surface area contributed by atoms with Gasteiger partial charge in [-0.3, -0.25) is 13.9 Å². The van der Waals surface area contributed by atoms with E-state index in [-0.39, 0.29) is 26.5 Å². The van der Waals surface area contributed by atoms with Crippen LogP contribution in [0.2, 0.25) is 10.0 Å². The van der Waals surface area contributed by atoms with Crippen molar-refractivity contribution in [1.29, 1.82) is 0 Å². The van der Waals surface area contributed by atoms with Gasteiger partial charge in [0.05, 0.1) is 26.3 Å². The quantitative estimate of drug-likeness (QED) is 0.324. The number of hydrogen-bond acceptors (Lipinski definition) is 5. The molecule has 0 unspecified atom stereocenters. The predicted molar refractivity (Wildman–Crippen MR) is 139 cm³/mol. The van der Waals surface area contributed by atoms with Crippen molar-refractivity contribution in [2.24, 2.45) is 5.10 Å². The van der Waals surface area contributed by atoms with Crippen LogP contribution in [0.25, 0.3) is 0 Å². The van der Waals surface area contributed by atoms with Crippen molar-refractivity contribution in [1.82, 2.24) is 5.43 Å². The van der Waals surface area contributed by atoms with Gasteiger partial charge in [-0.15, -0.1) is 0 Å². The van der Waals surface area contributed by atoms with Crippen molar-refractivity contribution in [2.45, 2.75) is 18.7 Å². The van der Waals surface area contributed by atoms with E-state index in [0.29, 0.717) is 17.0 Å². The Labute approximate surface area is 213 Å². The molecule has 3 rings (SSSR count). The summed E-state index contributed by atoms with van der Waals surface area (Å²) in [4.78, 5) is 23.9. The average Bonchev–Trinajstić information content (AvgIpc) is 2.83. The van der Waals surface area contributed by atoms with Gasteiger partial charge in [0.15, 0.2) is 0 Å². The molecule has 0 heterocycles.